The molecule has 4 rings (SSSR count). The molecule has 4 unspecified atom stereocenters. The van der Waals surface area contributed by atoms with Gasteiger partial charge in [-0.2, -0.15) is 0 Å². The van der Waals surface area contributed by atoms with E-state index < -0.39 is 0 Å². The first-order valence-electron chi connectivity index (χ1n) is 9.09. The van der Waals surface area contributed by atoms with E-state index in [1.54, 1.807) is 5.56 Å². The number of halogens is 1. The van der Waals surface area contributed by atoms with Crippen LogP contribution in [-0.4, -0.2) is 0 Å². The predicted molar refractivity (Wildman–Crippen MR) is 98.9 cm³/mol. The molecule has 2 aromatic carbocycles. The Morgan fingerprint density at radius 3 is 2.48 bits per heavy atom. The summed E-state index contributed by atoms with van der Waals surface area (Å²) in [5, 5.41) is 0.814. The SMILES string of the molecule is CCC1CC2CC(C1)C(c1ccccc1-c1ccc(Cl)cc1)C2. The maximum atomic E-state index is 6.07. The first-order valence-corrected chi connectivity index (χ1v) is 9.47. The van der Waals surface area contributed by atoms with Crippen molar-refractivity contribution in [2.24, 2.45) is 17.8 Å². The highest BCUT2D eigenvalue weighted by Gasteiger charge is 2.41. The number of fused-ring (bicyclic) bond motifs is 2. The van der Waals surface area contributed by atoms with Crippen LogP contribution in [0.15, 0.2) is 48.5 Å². The van der Waals surface area contributed by atoms with Gasteiger partial charge in [0, 0.05) is 5.02 Å². The number of hydrogen-bond donors (Lipinski definition) is 0. The third kappa shape index (κ3) is 2.94. The van der Waals surface area contributed by atoms with Crippen LogP contribution in [0.25, 0.3) is 11.1 Å². The van der Waals surface area contributed by atoms with Crippen LogP contribution in [0.1, 0.15) is 50.5 Å². The summed E-state index contributed by atoms with van der Waals surface area (Å²) in [6.45, 7) is 2.37. The molecular formula is C22H25Cl. The van der Waals surface area contributed by atoms with Crippen molar-refractivity contribution in [3.63, 3.8) is 0 Å². The average molecular weight is 325 g/mol. The van der Waals surface area contributed by atoms with Gasteiger partial charge < -0.3 is 0 Å². The van der Waals surface area contributed by atoms with E-state index in [1.807, 2.05) is 12.1 Å². The summed E-state index contributed by atoms with van der Waals surface area (Å²) in [6, 6.07) is 17.4. The van der Waals surface area contributed by atoms with Gasteiger partial charge in [-0.25, -0.2) is 0 Å². The fourth-order valence-corrected chi connectivity index (χ4v) is 5.24. The van der Waals surface area contributed by atoms with Crippen LogP contribution in [-0.2, 0) is 0 Å². The van der Waals surface area contributed by atoms with Gasteiger partial charge in [-0.3, -0.25) is 0 Å². The Balaban J connectivity index is 1.69. The molecule has 0 nitrogen and oxygen atoms in total. The quantitative estimate of drug-likeness (QED) is 0.573. The van der Waals surface area contributed by atoms with Crippen molar-refractivity contribution < 1.29 is 0 Å². The third-order valence-electron chi connectivity index (χ3n) is 6.19. The highest BCUT2D eigenvalue weighted by atomic mass is 35.5. The molecule has 2 saturated carbocycles. The topological polar surface area (TPSA) is 0 Å². The van der Waals surface area contributed by atoms with Crippen molar-refractivity contribution >= 4 is 11.6 Å². The summed E-state index contributed by atoms with van der Waals surface area (Å²) in [5.41, 5.74) is 4.28. The second-order valence-corrected chi connectivity index (χ2v) is 7.98. The van der Waals surface area contributed by atoms with Gasteiger partial charge in [0.25, 0.3) is 0 Å². The Hall–Kier alpha value is -1.27. The lowest BCUT2D eigenvalue weighted by Gasteiger charge is -2.28. The summed E-state index contributed by atoms with van der Waals surface area (Å²) in [7, 11) is 0. The normalized spacial score (nSPS) is 29.7. The Morgan fingerprint density at radius 2 is 1.70 bits per heavy atom. The number of hydrogen-bond acceptors (Lipinski definition) is 0. The van der Waals surface area contributed by atoms with Crippen LogP contribution in [0.2, 0.25) is 5.02 Å². The van der Waals surface area contributed by atoms with E-state index in [9.17, 15) is 0 Å². The van der Waals surface area contributed by atoms with Crippen molar-refractivity contribution in [3.8, 4) is 11.1 Å². The molecule has 4 atom stereocenters. The molecule has 120 valence electrons. The molecule has 0 heterocycles. The molecule has 2 bridgehead atoms. The largest absolute Gasteiger partial charge is 0.0843 e. The van der Waals surface area contributed by atoms with Crippen molar-refractivity contribution in [1.29, 1.82) is 0 Å². The minimum absolute atomic E-state index is 0.753. The van der Waals surface area contributed by atoms with Gasteiger partial charge in [-0.15, -0.1) is 0 Å². The lowest BCUT2D eigenvalue weighted by Crippen LogP contribution is -2.16. The summed E-state index contributed by atoms with van der Waals surface area (Å²) in [5.74, 6) is 3.57. The van der Waals surface area contributed by atoms with E-state index in [-0.39, 0.29) is 0 Å². The second kappa shape index (κ2) is 6.32. The van der Waals surface area contributed by atoms with E-state index in [2.05, 4.69) is 43.3 Å². The van der Waals surface area contributed by atoms with Gasteiger partial charge in [0.05, 0.1) is 0 Å². The van der Waals surface area contributed by atoms with Crippen molar-refractivity contribution in [2.75, 3.05) is 0 Å². The molecule has 2 fully saturated rings. The van der Waals surface area contributed by atoms with Gasteiger partial charge in [0.15, 0.2) is 0 Å². The smallest absolute Gasteiger partial charge is 0.0406 e. The summed E-state index contributed by atoms with van der Waals surface area (Å²) < 4.78 is 0. The van der Waals surface area contributed by atoms with Crippen LogP contribution in [0.5, 0.6) is 0 Å². The van der Waals surface area contributed by atoms with Crippen molar-refractivity contribution in [1.82, 2.24) is 0 Å². The highest BCUT2D eigenvalue weighted by Crippen LogP contribution is 2.54. The molecule has 0 N–H and O–H groups in total. The third-order valence-corrected chi connectivity index (χ3v) is 6.44. The fraction of sp³-hybridized carbons (Fsp3) is 0.455. The minimum Gasteiger partial charge on any atom is -0.0843 e. The molecule has 0 spiro atoms. The first kappa shape index (κ1) is 15.3. The Morgan fingerprint density at radius 1 is 0.913 bits per heavy atom. The van der Waals surface area contributed by atoms with Gasteiger partial charge in [0.2, 0.25) is 0 Å². The molecule has 2 aliphatic carbocycles. The Labute approximate surface area is 144 Å². The van der Waals surface area contributed by atoms with Gasteiger partial charge in [-0.1, -0.05) is 61.3 Å². The van der Waals surface area contributed by atoms with Crippen LogP contribution in [0.4, 0.5) is 0 Å². The zero-order valence-corrected chi connectivity index (χ0v) is 14.6. The molecular weight excluding hydrogens is 300 g/mol. The number of rotatable bonds is 3. The van der Waals surface area contributed by atoms with E-state index in [1.165, 1.54) is 43.2 Å². The maximum Gasteiger partial charge on any atom is 0.0406 e. The maximum absolute atomic E-state index is 6.07. The molecule has 0 aromatic heterocycles. The highest BCUT2D eigenvalue weighted by molar-refractivity contribution is 6.30. The summed E-state index contributed by atoms with van der Waals surface area (Å²) in [4.78, 5) is 0. The van der Waals surface area contributed by atoms with E-state index >= 15 is 0 Å². The van der Waals surface area contributed by atoms with Crippen LogP contribution in [0.3, 0.4) is 0 Å². The van der Waals surface area contributed by atoms with E-state index in [0.29, 0.717) is 0 Å². The first-order chi connectivity index (χ1) is 11.2. The molecule has 2 aromatic rings. The van der Waals surface area contributed by atoms with Crippen LogP contribution >= 0.6 is 11.6 Å². The minimum atomic E-state index is 0.753. The van der Waals surface area contributed by atoms with Crippen molar-refractivity contribution in [2.45, 2.75) is 44.9 Å². The molecule has 0 radical (unpaired) electrons. The molecule has 0 saturated heterocycles. The predicted octanol–water partition coefficient (Wildman–Crippen LogP) is 6.94. The summed E-state index contributed by atoms with van der Waals surface area (Å²) in [6.07, 6.45) is 7.11. The fourth-order valence-electron chi connectivity index (χ4n) is 5.12. The second-order valence-electron chi connectivity index (χ2n) is 7.54. The van der Waals surface area contributed by atoms with E-state index in [4.69, 9.17) is 11.6 Å². The Kier molecular flexibility index (Phi) is 4.20. The lowest BCUT2D eigenvalue weighted by atomic mass is 9.77. The standard InChI is InChI=1S/C22H25Cl/c1-2-15-11-16-13-18(12-15)22(14-16)21-6-4-3-5-20(21)17-7-9-19(23)10-8-17/h3-10,15-16,18,22H,2,11-14H2,1H3. The number of benzene rings is 2. The molecule has 0 aliphatic heterocycles. The van der Waals surface area contributed by atoms with Gasteiger partial charge in [0.1, 0.15) is 0 Å². The average Bonchev–Trinajstić information content (AvgIpc) is 2.89. The monoisotopic (exact) mass is 324 g/mol. The van der Waals surface area contributed by atoms with Crippen molar-refractivity contribution in [3.05, 3.63) is 59.1 Å². The lowest BCUT2D eigenvalue weighted by molar-refractivity contribution is 0.250. The summed E-state index contributed by atoms with van der Waals surface area (Å²) >= 11 is 6.07. The zero-order chi connectivity index (χ0) is 15.8. The molecule has 2 aliphatic rings. The van der Waals surface area contributed by atoms with Gasteiger partial charge >= 0.3 is 0 Å². The Bertz CT molecular complexity index is 673. The molecule has 23 heavy (non-hydrogen) atoms. The van der Waals surface area contributed by atoms with Gasteiger partial charge in [-0.05, 0) is 78.2 Å². The molecule has 1 heteroatoms. The van der Waals surface area contributed by atoms with Crippen LogP contribution < -0.4 is 0 Å². The van der Waals surface area contributed by atoms with Crippen LogP contribution in [0, 0.1) is 17.8 Å². The zero-order valence-electron chi connectivity index (χ0n) is 13.8. The molecule has 0 amide bonds. The van der Waals surface area contributed by atoms with E-state index in [0.717, 1.165) is 28.7 Å².